The van der Waals surface area contributed by atoms with Crippen LogP contribution in [0.3, 0.4) is 0 Å². The number of nitrogens with one attached hydrogen (secondary N) is 2. The third-order valence-electron chi connectivity index (χ3n) is 5.01. The third kappa shape index (κ3) is 3.98. The van der Waals surface area contributed by atoms with Gasteiger partial charge in [-0.3, -0.25) is 9.89 Å². The lowest BCUT2D eigenvalue weighted by atomic mass is 10.1. The van der Waals surface area contributed by atoms with Crippen molar-refractivity contribution in [3.05, 3.63) is 52.1 Å². The highest BCUT2D eigenvalue weighted by atomic mass is 35.5. The highest BCUT2D eigenvalue weighted by molar-refractivity contribution is 7.88. The monoisotopic (exact) mass is 433 g/mol. The lowest BCUT2D eigenvalue weighted by Crippen LogP contribution is -2.33. The van der Waals surface area contributed by atoms with Gasteiger partial charge in [0.1, 0.15) is 11.3 Å². The van der Waals surface area contributed by atoms with E-state index in [4.69, 9.17) is 11.6 Å². The summed E-state index contributed by atoms with van der Waals surface area (Å²) >= 11 is 6.11. The zero-order valence-corrected chi connectivity index (χ0v) is 17.6. The Morgan fingerprint density at radius 2 is 2.14 bits per heavy atom. The Morgan fingerprint density at radius 3 is 2.76 bits per heavy atom. The molecule has 3 aromatic heterocycles. The number of rotatable bonds is 5. The number of pyridine rings is 1. The number of hydrogen-bond acceptors (Lipinski definition) is 5. The van der Waals surface area contributed by atoms with Crippen molar-refractivity contribution < 1.29 is 13.2 Å². The molecule has 0 atom stereocenters. The Balaban J connectivity index is 1.55. The van der Waals surface area contributed by atoms with E-state index in [1.165, 1.54) is 10.6 Å². The number of hydrogen-bond donors (Lipinski definition) is 2. The highest BCUT2D eigenvalue weighted by Gasteiger charge is 2.21. The molecular formula is C19H20ClN5O3S. The first kappa shape index (κ1) is 19.8. The molecule has 0 radical (unpaired) electrons. The molecule has 10 heteroatoms. The summed E-state index contributed by atoms with van der Waals surface area (Å²) < 4.78 is 24.8. The standard InChI is InChI=1S/C19H20ClN5O3S/c1-11-17(20)18(24-23-11)16(26)8-12-7-14-9-15(22-19(14)21-10-12)13-3-5-25(6-4-13)29(2,27)28/h3,7,9-10H,4-6,8H2,1-2H3,(H,21,22)(H,23,24). The largest absolute Gasteiger partial charge is 0.339 e. The quantitative estimate of drug-likeness (QED) is 0.601. The first-order valence-electron chi connectivity index (χ1n) is 9.08. The number of Topliss-reactive ketones (excluding diaryl/α,β-unsaturated/α-hetero) is 1. The number of aromatic nitrogens is 4. The van der Waals surface area contributed by atoms with Gasteiger partial charge in [0.2, 0.25) is 10.0 Å². The van der Waals surface area contributed by atoms with Crippen LogP contribution in [-0.2, 0) is 16.4 Å². The smallest absolute Gasteiger partial charge is 0.211 e. The second-order valence-corrected chi connectivity index (χ2v) is 9.54. The first-order chi connectivity index (χ1) is 13.7. The number of aryl methyl sites for hydroxylation is 1. The molecule has 2 N–H and O–H groups in total. The summed E-state index contributed by atoms with van der Waals surface area (Å²) in [7, 11) is -3.18. The maximum atomic E-state index is 12.5. The maximum Gasteiger partial charge on any atom is 0.211 e. The van der Waals surface area contributed by atoms with Crippen LogP contribution in [0.15, 0.2) is 24.4 Å². The van der Waals surface area contributed by atoms with Crippen LogP contribution in [0, 0.1) is 6.92 Å². The van der Waals surface area contributed by atoms with Crippen molar-refractivity contribution in [2.24, 2.45) is 0 Å². The molecule has 0 saturated carbocycles. The van der Waals surface area contributed by atoms with Gasteiger partial charge >= 0.3 is 0 Å². The van der Waals surface area contributed by atoms with E-state index in [2.05, 4.69) is 20.2 Å². The van der Waals surface area contributed by atoms with Gasteiger partial charge in [0.25, 0.3) is 0 Å². The van der Waals surface area contributed by atoms with E-state index in [0.29, 0.717) is 30.2 Å². The van der Waals surface area contributed by atoms with Crippen LogP contribution in [0.5, 0.6) is 0 Å². The summed E-state index contributed by atoms with van der Waals surface area (Å²) in [5, 5.41) is 7.93. The average molecular weight is 434 g/mol. The van der Waals surface area contributed by atoms with Crippen LogP contribution in [0.4, 0.5) is 0 Å². The van der Waals surface area contributed by atoms with Crippen molar-refractivity contribution in [2.75, 3.05) is 19.3 Å². The van der Waals surface area contributed by atoms with Crippen LogP contribution in [-0.4, -0.2) is 58.0 Å². The molecule has 0 bridgehead atoms. The molecule has 4 rings (SSSR count). The molecule has 1 aliphatic rings. The van der Waals surface area contributed by atoms with Crippen LogP contribution in [0.1, 0.15) is 33.9 Å². The molecule has 1 aliphatic heterocycles. The zero-order valence-electron chi connectivity index (χ0n) is 16.0. The first-order valence-corrected chi connectivity index (χ1v) is 11.3. The van der Waals surface area contributed by atoms with Crippen LogP contribution >= 0.6 is 11.6 Å². The molecule has 29 heavy (non-hydrogen) atoms. The molecule has 0 amide bonds. The third-order valence-corrected chi connectivity index (χ3v) is 6.75. The number of sulfonamides is 1. The van der Waals surface area contributed by atoms with Gasteiger partial charge in [0.15, 0.2) is 5.78 Å². The molecule has 0 unspecified atom stereocenters. The van der Waals surface area contributed by atoms with Crippen molar-refractivity contribution in [3.63, 3.8) is 0 Å². The molecule has 0 aromatic carbocycles. The van der Waals surface area contributed by atoms with Gasteiger partial charge in [0.05, 0.1) is 17.0 Å². The Labute approximate surface area is 173 Å². The summed E-state index contributed by atoms with van der Waals surface area (Å²) in [5.74, 6) is -0.174. The number of aromatic amines is 2. The predicted molar refractivity (Wildman–Crippen MR) is 111 cm³/mol. The number of halogens is 1. The van der Waals surface area contributed by atoms with Crippen molar-refractivity contribution in [3.8, 4) is 0 Å². The summed E-state index contributed by atoms with van der Waals surface area (Å²) in [4.78, 5) is 20.2. The van der Waals surface area contributed by atoms with Gasteiger partial charge in [-0.25, -0.2) is 13.4 Å². The average Bonchev–Trinajstić information content (AvgIpc) is 3.24. The fourth-order valence-electron chi connectivity index (χ4n) is 3.40. The minimum atomic E-state index is -3.18. The Kier molecular flexibility index (Phi) is 5.05. The second-order valence-electron chi connectivity index (χ2n) is 7.18. The van der Waals surface area contributed by atoms with Crippen LogP contribution in [0.2, 0.25) is 5.02 Å². The van der Waals surface area contributed by atoms with E-state index in [0.717, 1.165) is 27.9 Å². The van der Waals surface area contributed by atoms with E-state index in [1.807, 2.05) is 18.2 Å². The molecule has 0 aliphatic carbocycles. The second kappa shape index (κ2) is 7.40. The fourth-order valence-corrected chi connectivity index (χ4v) is 4.35. The molecule has 3 aromatic rings. The van der Waals surface area contributed by atoms with Crippen LogP contribution in [0.25, 0.3) is 16.6 Å². The van der Waals surface area contributed by atoms with E-state index in [-0.39, 0.29) is 17.9 Å². The van der Waals surface area contributed by atoms with Gasteiger partial charge in [-0.1, -0.05) is 17.7 Å². The maximum absolute atomic E-state index is 12.5. The van der Waals surface area contributed by atoms with Gasteiger partial charge in [0, 0.05) is 36.8 Å². The lowest BCUT2D eigenvalue weighted by molar-refractivity contribution is 0.0988. The predicted octanol–water partition coefficient (Wildman–Crippen LogP) is 2.72. The number of ketones is 1. The zero-order chi connectivity index (χ0) is 20.8. The number of nitrogens with zero attached hydrogens (tertiary/aromatic N) is 3. The molecule has 8 nitrogen and oxygen atoms in total. The van der Waals surface area contributed by atoms with Gasteiger partial charge in [-0.15, -0.1) is 0 Å². The molecule has 0 spiro atoms. The number of carbonyl (C=O) groups excluding carboxylic acids is 1. The highest BCUT2D eigenvalue weighted by Crippen LogP contribution is 2.26. The summed E-state index contributed by atoms with van der Waals surface area (Å²) in [6.45, 7) is 2.58. The van der Waals surface area contributed by atoms with E-state index in [9.17, 15) is 13.2 Å². The van der Waals surface area contributed by atoms with E-state index in [1.54, 1.807) is 13.1 Å². The van der Waals surface area contributed by atoms with E-state index >= 15 is 0 Å². The van der Waals surface area contributed by atoms with Gasteiger partial charge < -0.3 is 4.98 Å². The SMILES string of the molecule is Cc1[nH]nc(C(=O)Cc2cnc3[nH]c(C4=CCN(S(C)(=O)=O)CC4)cc3c2)c1Cl. The molecule has 0 fully saturated rings. The topological polar surface area (TPSA) is 112 Å². The van der Waals surface area contributed by atoms with Crippen LogP contribution < -0.4 is 0 Å². The van der Waals surface area contributed by atoms with Gasteiger partial charge in [-0.2, -0.15) is 9.40 Å². The normalized spacial score (nSPS) is 15.6. The number of fused-ring (bicyclic) bond motifs is 1. The number of carbonyl (C=O) groups is 1. The molecule has 152 valence electrons. The number of H-pyrrole nitrogens is 2. The summed E-state index contributed by atoms with van der Waals surface area (Å²) in [5.41, 5.74) is 4.35. The molecule has 4 heterocycles. The Morgan fingerprint density at radius 1 is 1.34 bits per heavy atom. The minimum absolute atomic E-state index is 0.152. The summed E-state index contributed by atoms with van der Waals surface area (Å²) in [6.07, 6.45) is 5.58. The molecular weight excluding hydrogens is 414 g/mol. The van der Waals surface area contributed by atoms with Crippen molar-refractivity contribution in [1.82, 2.24) is 24.5 Å². The Hall–Kier alpha value is -2.49. The molecule has 0 saturated heterocycles. The fraction of sp³-hybridized carbons (Fsp3) is 0.316. The minimum Gasteiger partial charge on any atom is -0.339 e. The van der Waals surface area contributed by atoms with Crippen molar-refractivity contribution >= 4 is 44.0 Å². The lowest BCUT2D eigenvalue weighted by Gasteiger charge is -2.23. The van der Waals surface area contributed by atoms with Crippen molar-refractivity contribution in [1.29, 1.82) is 0 Å². The summed E-state index contributed by atoms with van der Waals surface area (Å²) in [6, 6.07) is 3.89. The van der Waals surface area contributed by atoms with Crippen molar-refractivity contribution in [2.45, 2.75) is 19.8 Å². The van der Waals surface area contributed by atoms with E-state index < -0.39 is 10.0 Å². The van der Waals surface area contributed by atoms with Gasteiger partial charge in [-0.05, 0) is 36.6 Å². The Bertz CT molecular complexity index is 1240.